The summed E-state index contributed by atoms with van der Waals surface area (Å²) in [5, 5.41) is 5.62. The Morgan fingerprint density at radius 1 is 1.00 bits per heavy atom. The first-order valence-corrected chi connectivity index (χ1v) is 10.4. The van der Waals surface area contributed by atoms with E-state index in [1.807, 2.05) is 39.8 Å². The number of rotatable bonds is 8. The highest BCUT2D eigenvalue weighted by molar-refractivity contribution is 5.98. The Kier molecular flexibility index (Phi) is 7.85. The van der Waals surface area contributed by atoms with Gasteiger partial charge in [-0.25, -0.2) is 9.97 Å². The van der Waals surface area contributed by atoms with Crippen molar-refractivity contribution in [2.45, 2.75) is 59.2 Å². The number of amides is 3. The van der Waals surface area contributed by atoms with Gasteiger partial charge in [0, 0.05) is 30.5 Å². The Labute approximate surface area is 183 Å². The van der Waals surface area contributed by atoms with Gasteiger partial charge in [0.15, 0.2) is 0 Å². The van der Waals surface area contributed by atoms with Crippen molar-refractivity contribution in [3.63, 3.8) is 0 Å². The van der Waals surface area contributed by atoms with Crippen LogP contribution in [0.2, 0.25) is 0 Å². The highest BCUT2D eigenvalue weighted by atomic mass is 16.2. The fourth-order valence-electron chi connectivity index (χ4n) is 3.11. The maximum absolute atomic E-state index is 12.8. The van der Waals surface area contributed by atoms with Gasteiger partial charge in [0.05, 0.1) is 11.6 Å². The Morgan fingerprint density at radius 3 is 2.10 bits per heavy atom. The molecule has 1 aromatic carbocycles. The largest absolute Gasteiger partial charge is 0.348 e. The summed E-state index contributed by atoms with van der Waals surface area (Å²) >= 11 is 0. The van der Waals surface area contributed by atoms with Gasteiger partial charge in [-0.1, -0.05) is 12.1 Å². The van der Waals surface area contributed by atoms with Crippen molar-refractivity contribution in [3.8, 4) is 0 Å². The standard InChI is InChI=1S/C23H31N5O3/c1-7-28(15(2)3)21(30)18-10-8-17(9-11-18)16(4)26-22(31)23(5,6)27-20(29)19-12-24-14-25-13-19/h8-16H,7H2,1-6H3,(H,26,31)(H,27,29)/t16-/m1/s1. The summed E-state index contributed by atoms with van der Waals surface area (Å²) in [6.45, 7) is 11.7. The summed E-state index contributed by atoms with van der Waals surface area (Å²) in [6.07, 6.45) is 4.11. The van der Waals surface area contributed by atoms with Crippen molar-refractivity contribution in [3.05, 3.63) is 59.7 Å². The molecule has 0 bridgehead atoms. The molecule has 2 N–H and O–H groups in total. The van der Waals surface area contributed by atoms with Crippen LogP contribution in [0.5, 0.6) is 0 Å². The van der Waals surface area contributed by atoms with E-state index in [1.54, 1.807) is 30.9 Å². The quantitative estimate of drug-likeness (QED) is 0.677. The minimum absolute atomic E-state index is 0.0190. The van der Waals surface area contributed by atoms with Crippen molar-refractivity contribution in [1.82, 2.24) is 25.5 Å². The molecule has 0 aliphatic rings. The molecular weight excluding hydrogens is 394 g/mol. The molecule has 8 heteroatoms. The van der Waals surface area contributed by atoms with Crippen molar-refractivity contribution in [2.75, 3.05) is 6.54 Å². The molecule has 166 valence electrons. The molecule has 0 radical (unpaired) electrons. The van der Waals surface area contributed by atoms with E-state index in [9.17, 15) is 14.4 Å². The number of aromatic nitrogens is 2. The van der Waals surface area contributed by atoms with Gasteiger partial charge < -0.3 is 15.5 Å². The minimum Gasteiger partial charge on any atom is -0.348 e. The van der Waals surface area contributed by atoms with Gasteiger partial charge in [-0.05, 0) is 59.2 Å². The summed E-state index contributed by atoms with van der Waals surface area (Å²) in [5.74, 6) is -0.779. The van der Waals surface area contributed by atoms with Crippen LogP contribution in [0.25, 0.3) is 0 Å². The molecule has 0 aliphatic heterocycles. The minimum atomic E-state index is -1.14. The maximum atomic E-state index is 12.8. The Bertz CT molecular complexity index is 911. The molecule has 1 atom stereocenters. The predicted octanol–water partition coefficient (Wildman–Crippen LogP) is 2.73. The van der Waals surface area contributed by atoms with Gasteiger partial charge in [0.1, 0.15) is 11.9 Å². The molecule has 3 amide bonds. The number of benzene rings is 1. The molecule has 1 aromatic heterocycles. The smallest absolute Gasteiger partial charge is 0.255 e. The van der Waals surface area contributed by atoms with E-state index in [0.29, 0.717) is 12.1 Å². The van der Waals surface area contributed by atoms with Crippen LogP contribution in [-0.2, 0) is 4.79 Å². The molecule has 0 spiro atoms. The third-order valence-electron chi connectivity index (χ3n) is 5.05. The second-order valence-electron chi connectivity index (χ2n) is 8.21. The average Bonchev–Trinajstić information content (AvgIpc) is 2.74. The van der Waals surface area contributed by atoms with E-state index < -0.39 is 11.4 Å². The second kappa shape index (κ2) is 10.1. The van der Waals surface area contributed by atoms with Gasteiger partial charge in [0.25, 0.3) is 11.8 Å². The molecule has 0 saturated heterocycles. The van der Waals surface area contributed by atoms with Crippen molar-refractivity contribution >= 4 is 17.7 Å². The van der Waals surface area contributed by atoms with Crippen LogP contribution in [0.3, 0.4) is 0 Å². The van der Waals surface area contributed by atoms with E-state index in [2.05, 4.69) is 20.6 Å². The van der Waals surface area contributed by atoms with Crippen LogP contribution in [0.1, 0.15) is 73.9 Å². The lowest BCUT2D eigenvalue weighted by Gasteiger charge is -2.27. The fraction of sp³-hybridized carbons (Fsp3) is 0.435. The van der Waals surface area contributed by atoms with Crippen LogP contribution in [-0.4, -0.2) is 50.7 Å². The van der Waals surface area contributed by atoms with Gasteiger partial charge in [-0.15, -0.1) is 0 Å². The molecular formula is C23H31N5O3. The summed E-state index contributed by atoms with van der Waals surface area (Å²) < 4.78 is 0. The Morgan fingerprint density at radius 2 is 1.58 bits per heavy atom. The Hall–Kier alpha value is -3.29. The van der Waals surface area contributed by atoms with Gasteiger partial charge in [0.2, 0.25) is 5.91 Å². The van der Waals surface area contributed by atoms with Gasteiger partial charge in [-0.2, -0.15) is 0 Å². The molecule has 0 saturated carbocycles. The molecule has 2 aromatic rings. The summed E-state index contributed by atoms with van der Waals surface area (Å²) in [7, 11) is 0. The highest BCUT2D eigenvalue weighted by Crippen LogP contribution is 2.17. The average molecular weight is 426 g/mol. The van der Waals surface area contributed by atoms with Crippen molar-refractivity contribution in [1.29, 1.82) is 0 Å². The van der Waals surface area contributed by atoms with E-state index >= 15 is 0 Å². The normalized spacial score (nSPS) is 12.2. The molecule has 0 aliphatic carbocycles. The molecule has 31 heavy (non-hydrogen) atoms. The number of nitrogens with zero attached hydrogens (tertiary/aromatic N) is 3. The van der Waals surface area contributed by atoms with Gasteiger partial charge >= 0.3 is 0 Å². The zero-order chi connectivity index (χ0) is 23.2. The second-order valence-corrected chi connectivity index (χ2v) is 8.21. The summed E-state index contributed by atoms with van der Waals surface area (Å²) in [6, 6.07) is 7.02. The number of hydrogen-bond acceptors (Lipinski definition) is 5. The van der Waals surface area contributed by atoms with Crippen molar-refractivity contribution in [2.24, 2.45) is 0 Å². The fourth-order valence-corrected chi connectivity index (χ4v) is 3.11. The van der Waals surface area contributed by atoms with E-state index in [4.69, 9.17) is 0 Å². The van der Waals surface area contributed by atoms with Crippen molar-refractivity contribution < 1.29 is 14.4 Å². The molecule has 2 rings (SSSR count). The van der Waals surface area contributed by atoms with E-state index in [-0.39, 0.29) is 29.5 Å². The SMILES string of the molecule is CCN(C(=O)c1ccc([C@@H](C)NC(=O)C(C)(C)NC(=O)c2cncnc2)cc1)C(C)C. The number of carbonyl (C=O) groups excluding carboxylic acids is 3. The van der Waals surface area contributed by atoms with Crippen LogP contribution in [0, 0.1) is 0 Å². The van der Waals surface area contributed by atoms with Crippen LogP contribution < -0.4 is 10.6 Å². The summed E-state index contributed by atoms with van der Waals surface area (Å²) in [4.78, 5) is 47.2. The summed E-state index contributed by atoms with van der Waals surface area (Å²) in [5.41, 5.74) is 0.599. The topological polar surface area (TPSA) is 104 Å². The van der Waals surface area contributed by atoms with Crippen LogP contribution in [0.15, 0.2) is 43.0 Å². The van der Waals surface area contributed by atoms with Crippen LogP contribution in [0.4, 0.5) is 0 Å². The highest BCUT2D eigenvalue weighted by Gasteiger charge is 2.31. The van der Waals surface area contributed by atoms with E-state index in [1.165, 1.54) is 18.7 Å². The first-order chi connectivity index (χ1) is 14.6. The lowest BCUT2D eigenvalue weighted by molar-refractivity contribution is -0.126. The zero-order valence-corrected chi connectivity index (χ0v) is 19.0. The number of nitrogens with one attached hydrogen (secondary N) is 2. The third kappa shape index (κ3) is 6.10. The Balaban J connectivity index is 2.03. The maximum Gasteiger partial charge on any atom is 0.255 e. The van der Waals surface area contributed by atoms with Crippen LogP contribution >= 0.6 is 0 Å². The number of carbonyl (C=O) groups is 3. The molecule has 0 fully saturated rings. The van der Waals surface area contributed by atoms with E-state index in [0.717, 1.165) is 5.56 Å². The molecule has 0 unspecified atom stereocenters. The zero-order valence-electron chi connectivity index (χ0n) is 19.0. The lowest BCUT2D eigenvalue weighted by atomic mass is 10.0. The first-order valence-electron chi connectivity index (χ1n) is 10.4. The monoisotopic (exact) mass is 425 g/mol. The predicted molar refractivity (Wildman–Crippen MR) is 118 cm³/mol. The lowest BCUT2D eigenvalue weighted by Crippen LogP contribution is -2.55. The molecule has 1 heterocycles. The first kappa shape index (κ1) is 24.0. The number of hydrogen-bond donors (Lipinski definition) is 2. The third-order valence-corrected chi connectivity index (χ3v) is 5.05. The van der Waals surface area contributed by atoms with Gasteiger partial charge in [-0.3, -0.25) is 14.4 Å². The molecule has 8 nitrogen and oxygen atoms in total.